The summed E-state index contributed by atoms with van der Waals surface area (Å²) in [6, 6.07) is 15.2. The first-order valence-electron chi connectivity index (χ1n) is 14.0. The van der Waals surface area contributed by atoms with Crippen LogP contribution >= 0.6 is 0 Å². The number of hydrogen-bond acceptors (Lipinski definition) is 5. The maximum Gasteiger partial charge on any atom is 0.264 e. The highest BCUT2D eigenvalue weighted by atomic mass is 16.5. The number of rotatable bonds is 7. The molecule has 4 rings (SSSR count). The van der Waals surface area contributed by atoms with Gasteiger partial charge in [-0.05, 0) is 81.2 Å². The molecular weight excluding hydrogens is 464 g/mol. The average Bonchev–Trinajstić information content (AvgIpc) is 2.93. The summed E-state index contributed by atoms with van der Waals surface area (Å²) >= 11 is 0. The van der Waals surface area contributed by atoms with Crippen molar-refractivity contribution < 1.29 is 14.3 Å². The fourth-order valence-electron chi connectivity index (χ4n) is 5.14. The molecule has 7 nitrogen and oxygen atoms in total. The van der Waals surface area contributed by atoms with Crippen LogP contribution in [0, 0.1) is 0 Å². The zero-order valence-corrected chi connectivity index (χ0v) is 22.1. The predicted octanol–water partition coefficient (Wildman–Crippen LogP) is 4.37. The quantitative estimate of drug-likeness (QED) is 0.584. The van der Waals surface area contributed by atoms with Crippen LogP contribution in [-0.4, -0.2) is 62.6 Å². The SMILES string of the molecule is O=C(NCCN1CCCCC1)c1ccc2c(c1)CNCCCCCCCN2C(=O)COc1ccccc1. The molecule has 7 heteroatoms. The Kier molecular flexibility index (Phi) is 10.8. The molecule has 200 valence electrons. The zero-order valence-electron chi connectivity index (χ0n) is 22.1. The molecule has 0 aliphatic carbocycles. The molecule has 0 aromatic heterocycles. The van der Waals surface area contributed by atoms with Gasteiger partial charge in [0.2, 0.25) is 0 Å². The van der Waals surface area contributed by atoms with Gasteiger partial charge < -0.3 is 25.2 Å². The van der Waals surface area contributed by atoms with Crippen LogP contribution in [0.25, 0.3) is 0 Å². The van der Waals surface area contributed by atoms with E-state index >= 15 is 0 Å². The molecular formula is C30H42N4O3. The van der Waals surface area contributed by atoms with Crippen molar-refractivity contribution in [1.29, 1.82) is 0 Å². The number of anilines is 1. The van der Waals surface area contributed by atoms with Crippen LogP contribution in [-0.2, 0) is 11.3 Å². The van der Waals surface area contributed by atoms with E-state index in [-0.39, 0.29) is 18.4 Å². The van der Waals surface area contributed by atoms with Crippen molar-refractivity contribution in [2.75, 3.05) is 50.8 Å². The number of amides is 2. The second kappa shape index (κ2) is 14.7. The van der Waals surface area contributed by atoms with Gasteiger partial charge in [-0.3, -0.25) is 9.59 Å². The number of nitrogens with zero attached hydrogens (tertiary/aromatic N) is 2. The van der Waals surface area contributed by atoms with E-state index in [4.69, 9.17) is 4.74 Å². The Morgan fingerprint density at radius 1 is 0.865 bits per heavy atom. The van der Waals surface area contributed by atoms with E-state index in [0.717, 1.165) is 56.7 Å². The molecule has 2 heterocycles. The van der Waals surface area contributed by atoms with Crippen molar-refractivity contribution in [2.45, 2.75) is 57.9 Å². The van der Waals surface area contributed by atoms with Gasteiger partial charge in [0.05, 0.1) is 0 Å². The van der Waals surface area contributed by atoms with Crippen molar-refractivity contribution in [1.82, 2.24) is 15.5 Å². The number of hydrogen-bond donors (Lipinski definition) is 2. The van der Waals surface area contributed by atoms with Gasteiger partial charge in [0.15, 0.2) is 6.61 Å². The molecule has 2 aliphatic rings. The van der Waals surface area contributed by atoms with E-state index in [1.807, 2.05) is 53.4 Å². The Bertz CT molecular complexity index is 992. The number of benzene rings is 2. The summed E-state index contributed by atoms with van der Waals surface area (Å²) in [4.78, 5) is 30.6. The normalized spacial score (nSPS) is 17.7. The van der Waals surface area contributed by atoms with E-state index in [9.17, 15) is 9.59 Å². The van der Waals surface area contributed by atoms with Crippen LogP contribution in [0.4, 0.5) is 5.69 Å². The largest absolute Gasteiger partial charge is 0.484 e. The van der Waals surface area contributed by atoms with Crippen LogP contribution in [0.3, 0.4) is 0 Å². The van der Waals surface area contributed by atoms with Gasteiger partial charge in [-0.2, -0.15) is 0 Å². The lowest BCUT2D eigenvalue weighted by Gasteiger charge is -2.27. The zero-order chi connectivity index (χ0) is 25.7. The minimum absolute atomic E-state index is 0.0182. The van der Waals surface area contributed by atoms with Crippen molar-refractivity contribution in [3.63, 3.8) is 0 Å². The van der Waals surface area contributed by atoms with Crippen LogP contribution in [0.1, 0.15) is 67.3 Å². The van der Waals surface area contributed by atoms with Gasteiger partial charge in [0, 0.05) is 37.4 Å². The van der Waals surface area contributed by atoms with Crippen LogP contribution < -0.4 is 20.3 Å². The fraction of sp³-hybridized carbons (Fsp3) is 0.533. The molecule has 2 aromatic carbocycles. The maximum atomic E-state index is 13.4. The Labute approximate surface area is 221 Å². The van der Waals surface area contributed by atoms with Gasteiger partial charge in [0.25, 0.3) is 11.8 Å². The van der Waals surface area contributed by atoms with E-state index in [0.29, 0.717) is 30.9 Å². The first kappa shape index (κ1) is 27.1. The number of fused-ring (bicyclic) bond motifs is 1. The third kappa shape index (κ3) is 8.58. The van der Waals surface area contributed by atoms with Gasteiger partial charge in [0.1, 0.15) is 5.75 Å². The van der Waals surface area contributed by atoms with Crippen molar-refractivity contribution >= 4 is 17.5 Å². The number of para-hydroxylation sites is 1. The van der Waals surface area contributed by atoms with Crippen molar-refractivity contribution in [3.8, 4) is 5.75 Å². The van der Waals surface area contributed by atoms with Crippen LogP contribution in [0.5, 0.6) is 5.75 Å². The van der Waals surface area contributed by atoms with E-state index in [1.54, 1.807) is 0 Å². The predicted molar refractivity (Wildman–Crippen MR) is 148 cm³/mol. The van der Waals surface area contributed by atoms with E-state index in [2.05, 4.69) is 15.5 Å². The first-order valence-corrected chi connectivity index (χ1v) is 14.0. The Hall–Kier alpha value is -2.90. The van der Waals surface area contributed by atoms with Crippen molar-refractivity contribution in [3.05, 3.63) is 59.7 Å². The highest BCUT2D eigenvalue weighted by Gasteiger charge is 2.21. The van der Waals surface area contributed by atoms with Gasteiger partial charge in [-0.15, -0.1) is 0 Å². The minimum atomic E-state index is -0.0686. The molecule has 2 amide bonds. The summed E-state index contributed by atoms with van der Waals surface area (Å²) in [7, 11) is 0. The minimum Gasteiger partial charge on any atom is -0.484 e. The molecule has 0 saturated carbocycles. The molecule has 0 spiro atoms. The maximum absolute atomic E-state index is 13.4. The summed E-state index contributed by atoms with van der Waals surface area (Å²) in [6.45, 7) is 5.96. The molecule has 2 aromatic rings. The smallest absolute Gasteiger partial charge is 0.264 e. The van der Waals surface area contributed by atoms with E-state index in [1.165, 1.54) is 32.1 Å². The number of piperidine rings is 1. The second-order valence-electron chi connectivity index (χ2n) is 10.1. The number of nitrogens with one attached hydrogen (secondary N) is 2. The lowest BCUT2D eigenvalue weighted by Crippen LogP contribution is -2.38. The van der Waals surface area contributed by atoms with Crippen LogP contribution in [0.2, 0.25) is 0 Å². The average molecular weight is 507 g/mol. The first-order chi connectivity index (χ1) is 18.2. The lowest BCUT2D eigenvalue weighted by molar-refractivity contribution is -0.120. The third-order valence-corrected chi connectivity index (χ3v) is 7.25. The number of carbonyl (C=O) groups excluding carboxylic acids is 2. The molecule has 0 atom stereocenters. The summed E-state index contributed by atoms with van der Waals surface area (Å²) < 4.78 is 5.79. The number of carbonyl (C=O) groups is 2. The monoisotopic (exact) mass is 506 g/mol. The summed E-state index contributed by atoms with van der Waals surface area (Å²) in [5, 5.41) is 6.61. The molecule has 0 unspecified atom stereocenters. The highest BCUT2D eigenvalue weighted by molar-refractivity contribution is 5.98. The molecule has 0 radical (unpaired) electrons. The molecule has 0 bridgehead atoms. The summed E-state index contributed by atoms with van der Waals surface area (Å²) in [6.07, 6.45) is 9.34. The molecule has 1 fully saturated rings. The Balaban J connectivity index is 1.46. The molecule has 37 heavy (non-hydrogen) atoms. The highest BCUT2D eigenvalue weighted by Crippen LogP contribution is 2.25. The molecule has 2 aliphatic heterocycles. The second-order valence-corrected chi connectivity index (χ2v) is 10.1. The van der Waals surface area contributed by atoms with Gasteiger partial charge >= 0.3 is 0 Å². The van der Waals surface area contributed by atoms with Crippen LogP contribution in [0.15, 0.2) is 48.5 Å². The molecule has 1 saturated heterocycles. The Morgan fingerprint density at radius 3 is 2.43 bits per heavy atom. The van der Waals surface area contributed by atoms with Gasteiger partial charge in [-0.1, -0.05) is 43.9 Å². The third-order valence-electron chi connectivity index (χ3n) is 7.25. The molecule has 2 N–H and O–H groups in total. The Morgan fingerprint density at radius 2 is 1.59 bits per heavy atom. The summed E-state index contributed by atoms with van der Waals surface area (Å²) in [5.41, 5.74) is 2.47. The topological polar surface area (TPSA) is 73.9 Å². The van der Waals surface area contributed by atoms with Gasteiger partial charge in [-0.25, -0.2) is 0 Å². The lowest BCUT2D eigenvalue weighted by atomic mass is 10.0. The van der Waals surface area contributed by atoms with E-state index < -0.39 is 0 Å². The number of ether oxygens (including phenoxy) is 1. The van der Waals surface area contributed by atoms with Crippen molar-refractivity contribution in [2.24, 2.45) is 0 Å². The number of likely N-dealkylation sites (tertiary alicyclic amines) is 1. The fourth-order valence-corrected chi connectivity index (χ4v) is 5.14. The standard InChI is InChI=1S/C30H42N4O3/c35-29(24-37-27-12-6-4-7-13-27)34-20-11-3-1-2-8-16-31-23-26-22-25(14-15-28(26)34)30(36)32-17-21-33-18-9-5-10-19-33/h4,6-7,12-15,22,31H,1-3,5,8-11,16-21,23-24H2,(H,32,36). The summed E-state index contributed by atoms with van der Waals surface area (Å²) in [5.74, 6) is 0.556.